The highest BCUT2D eigenvalue weighted by molar-refractivity contribution is 7.94. The summed E-state index contributed by atoms with van der Waals surface area (Å²) in [6, 6.07) is 11.9. The third-order valence-corrected chi connectivity index (χ3v) is 9.66. The molecule has 0 atom stereocenters. The zero-order chi connectivity index (χ0) is 23.1. The standard InChI is InChI=1S/C19H12Cl3N3O4S3/c20-13-10-15(19(18(22)17(13)21)25-32(28,29)16-4-2-8-30-16)24-31(26,27)12-5-6-14-11(9-12)3-1-7-23-14/h1-10,24-25H. The number of pyridine rings is 1. The summed E-state index contributed by atoms with van der Waals surface area (Å²) in [5.41, 5.74) is 0.185. The van der Waals surface area contributed by atoms with Gasteiger partial charge in [-0.15, -0.1) is 11.3 Å². The van der Waals surface area contributed by atoms with Crippen LogP contribution in [-0.2, 0) is 20.0 Å². The molecular formula is C19H12Cl3N3O4S3. The van der Waals surface area contributed by atoms with Crippen molar-refractivity contribution in [2.75, 3.05) is 9.44 Å². The first-order valence-corrected chi connectivity index (χ1v) is 13.7. The van der Waals surface area contributed by atoms with Crippen LogP contribution < -0.4 is 9.44 Å². The largest absolute Gasteiger partial charge is 0.277 e. The van der Waals surface area contributed by atoms with E-state index >= 15 is 0 Å². The second kappa shape index (κ2) is 8.69. The monoisotopic (exact) mass is 547 g/mol. The van der Waals surface area contributed by atoms with Gasteiger partial charge in [0.1, 0.15) is 4.21 Å². The summed E-state index contributed by atoms with van der Waals surface area (Å²) in [4.78, 5) is 4.10. The van der Waals surface area contributed by atoms with Gasteiger partial charge in [0.15, 0.2) is 0 Å². The lowest BCUT2D eigenvalue weighted by Gasteiger charge is -2.17. The highest BCUT2D eigenvalue weighted by atomic mass is 35.5. The summed E-state index contributed by atoms with van der Waals surface area (Å²) in [6.45, 7) is 0. The molecule has 0 aliphatic carbocycles. The molecule has 2 N–H and O–H groups in total. The smallest absolute Gasteiger partial charge is 0.271 e. The molecule has 2 heterocycles. The van der Waals surface area contributed by atoms with Gasteiger partial charge in [-0.25, -0.2) is 16.8 Å². The van der Waals surface area contributed by atoms with E-state index in [1.54, 1.807) is 35.8 Å². The van der Waals surface area contributed by atoms with Crippen LogP contribution in [0.25, 0.3) is 10.9 Å². The average molecular weight is 549 g/mol. The van der Waals surface area contributed by atoms with E-state index in [-0.39, 0.29) is 35.5 Å². The van der Waals surface area contributed by atoms with Gasteiger partial charge in [-0.3, -0.25) is 14.4 Å². The summed E-state index contributed by atoms with van der Waals surface area (Å²) in [5, 5.41) is 1.76. The van der Waals surface area contributed by atoms with Crippen LogP contribution in [0.5, 0.6) is 0 Å². The van der Waals surface area contributed by atoms with Crippen molar-refractivity contribution in [1.29, 1.82) is 0 Å². The molecule has 0 radical (unpaired) electrons. The number of nitrogens with one attached hydrogen (secondary N) is 2. The highest BCUT2D eigenvalue weighted by Crippen LogP contribution is 2.43. The molecule has 0 amide bonds. The Labute approximate surface area is 203 Å². The lowest BCUT2D eigenvalue weighted by atomic mass is 10.2. The first-order chi connectivity index (χ1) is 15.1. The Morgan fingerprint density at radius 1 is 0.844 bits per heavy atom. The molecule has 0 bridgehead atoms. The Morgan fingerprint density at radius 2 is 1.62 bits per heavy atom. The number of rotatable bonds is 6. The fourth-order valence-electron chi connectivity index (χ4n) is 2.80. The Morgan fingerprint density at radius 3 is 2.34 bits per heavy atom. The molecule has 0 saturated heterocycles. The number of hydrogen-bond donors (Lipinski definition) is 2. The van der Waals surface area contributed by atoms with Crippen molar-refractivity contribution >= 4 is 88.5 Å². The third kappa shape index (κ3) is 4.52. The van der Waals surface area contributed by atoms with E-state index in [9.17, 15) is 16.8 Å². The lowest BCUT2D eigenvalue weighted by Crippen LogP contribution is -2.17. The van der Waals surface area contributed by atoms with Gasteiger partial charge < -0.3 is 0 Å². The zero-order valence-electron chi connectivity index (χ0n) is 15.7. The molecule has 0 unspecified atom stereocenters. The number of nitrogens with zero attached hydrogens (tertiary/aromatic N) is 1. The van der Waals surface area contributed by atoms with Crippen LogP contribution in [0.15, 0.2) is 69.2 Å². The maximum atomic E-state index is 13.1. The van der Waals surface area contributed by atoms with Gasteiger partial charge in [-0.2, -0.15) is 0 Å². The minimum absolute atomic E-state index is 0.00970. The average Bonchev–Trinajstić information content (AvgIpc) is 3.30. The quantitative estimate of drug-likeness (QED) is 0.294. The minimum Gasteiger partial charge on any atom is -0.277 e. The molecule has 166 valence electrons. The molecule has 0 aliphatic heterocycles. The van der Waals surface area contributed by atoms with Gasteiger partial charge in [0.05, 0.1) is 36.9 Å². The molecule has 2 aromatic heterocycles. The molecule has 13 heteroatoms. The SMILES string of the molecule is O=S(=O)(Nc1cc(Cl)c(Cl)c(Cl)c1NS(=O)(=O)c1cccs1)c1ccc2ncccc2c1. The van der Waals surface area contributed by atoms with Crippen LogP contribution in [0.2, 0.25) is 15.1 Å². The van der Waals surface area contributed by atoms with Crippen molar-refractivity contribution in [3.05, 3.63) is 75.2 Å². The van der Waals surface area contributed by atoms with Crippen molar-refractivity contribution in [1.82, 2.24) is 4.98 Å². The van der Waals surface area contributed by atoms with Crippen molar-refractivity contribution in [2.24, 2.45) is 0 Å². The van der Waals surface area contributed by atoms with E-state index < -0.39 is 20.0 Å². The number of hydrogen-bond acceptors (Lipinski definition) is 6. The normalized spacial score (nSPS) is 12.1. The van der Waals surface area contributed by atoms with Gasteiger partial charge in [0.2, 0.25) is 0 Å². The first-order valence-electron chi connectivity index (χ1n) is 8.70. The predicted molar refractivity (Wildman–Crippen MR) is 129 cm³/mol. The summed E-state index contributed by atoms with van der Waals surface area (Å²) >= 11 is 19.4. The third-order valence-electron chi connectivity index (χ3n) is 4.29. The van der Waals surface area contributed by atoms with E-state index in [1.807, 2.05) is 0 Å². The highest BCUT2D eigenvalue weighted by Gasteiger charge is 2.25. The van der Waals surface area contributed by atoms with Crippen LogP contribution in [0, 0.1) is 0 Å². The van der Waals surface area contributed by atoms with Crippen LogP contribution in [-0.4, -0.2) is 21.8 Å². The summed E-state index contributed by atoms with van der Waals surface area (Å²) in [6.07, 6.45) is 1.60. The summed E-state index contributed by atoms with van der Waals surface area (Å²) < 4.78 is 56.3. The number of thiophene rings is 1. The molecule has 32 heavy (non-hydrogen) atoms. The van der Waals surface area contributed by atoms with Gasteiger partial charge in [-0.1, -0.05) is 46.9 Å². The number of anilines is 2. The van der Waals surface area contributed by atoms with Gasteiger partial charge in [0.25, 0.3) is 20.0 Å². The summed E-state index contributed by atoms with van der Waals surface area (Å²) in [5.74, 6) is 0. The molecular weight excluding hydrogens is 537 g/mol. The molecule has 2 aromatic carbocycles. The van der Waals surface area contributed by atoms with E-state index in [2.05, 4.69) is 14.4 Å². The van der Waals surface area contributed by atoms with E-state index in [0.717, 1.165) is 11.3 Å². The Kier molecular flexibility index (Phi) is 6.27. The number of sulfonamides is 2. The predicted octanol–water partition coefficient (Wildman–Crippen LogP) is 5.86. The zero-order valence-corrected chi connectivity index (χ0v) is 20.4. The molecule has 4 rings (SSSR count). The van der Waals surface area contributed by atoms with E-state index in [1.165, 1.54) is 24.3 Å². The second-order valence-corrected chi connectivity index (χ2v) is 12.1. The topological polar surface area (TPSA) is 105 Å². The molecule has 0 saturated carbocycles. The van der Waals surface area contributed by atoms with Crippen LogP contribution in [0.3, 0.4) is 0 Å². The Balaban J connectivity index is 1.78. The van der Waals surface area contributed by atoms with Gasteiger partial charge >= 0.3 is 0 Å². The van der Waals surface area contributed by atoms with Gasteiger partial charge in [-0.05, 0) is 41.8 Å². The summed E-state index contributed by atoms with van der Waals surface area (Å²) in [7, 11) is -8.21. The number of benzene rings is 2. The van der Waals surface area contributed by atoms with E-state index in [4.69, 9.17) is 34.8 Å². The van der Waals surface area contributed by atoms with Crippen LogP contribution >= 0.6 is 46.1 Å². The van der Waals surface area contributed by atoms with Crippen molar-refractivity contribution in [2.45, 2.75) is 9.10 Å². The molecule has 7 nitrogen and oxygen atoms in total. The van der Waals surface area contributed by atoms with Crippen LogP contribution in [0.4, 0.5) is 11.4 Å². The molecule has 0 fully saturated rings. The van der Waals surface area contributed by atoms with Crippen LogP contribution in [0.1, 0.15) is 0 Å². The second-order valence-electron chi connectivity index (χ2n) is 6.41. The van der Waals surface area contributed by atoms with Crippen molar-refractivity contribution in [3.63, 3.8) is 0 Å². The fraction of sp³-hybridized carbons (Fsp3) is 0. The number of aromatic nitrogens is 1. The maximum Gasteiger partial charge on any atom is 0.271 e. The Hall–Kier alpha value is -2.08. The van der Waals surface area contributed by atoms with Crippen molar-refractivity contribution in [3.8, 4) is 0 Å². The fourth-order valence-corrected chi connectivity index (χ4v) is 6.69. The number of fused-ring (bicyclic) bond motifs is 1. The first kappa shape index (κ1) is 23.1. The number of halogens is 3. The molecule has 0 spiro atoms. The maximum absolute atomic E-state index is 13.1. The molecule has 4 aromatic rings. The van der Waals surface area contributed by atoms with Crippen molar-refractivity contribution < 1.29 is 16.8 Å². The molecule has 0 aliphatic rings. The van der Waals surface area contributed by atoms with Gasteiger partial charge in [0, 0.05) is 11.6 Å². The van der Waals surface area contributed by atoms with E-state index in [0.29, 0.717) is 10.9 Å². The minimum atomic E-state index is -4.15. The Bertz CT molecular complexity index is 1540. The lowest BCUT2D eigenvalue weighted by molar-refractivity contribution is 0.599.